The van der Waals surface area contributed by atoms with Crippen LogP contribution in [0.5, 0.6) is 0 Å². The summed E-state index contributed by atoms with van der Waals surface area (Å²) in [5.41, 5.74) is 0.279. The Labute approximate surface area is 124 Å². The Hall–Kier alpha value is -0.0800. The van der Waals surface area contributed by atoms with Crippen molar-refractivity contribution in [3.05, 3.63) is 0 Å². The van der Waals surface area contributed by atoms with Crippen molar-refractivity contribution in [1.29, 1.82) is 0 Å². The van der Waals surface area contributed by atoms with Crippen LogP contribution >= 0.6 is 0 Å². The molecule has 2 heteroatoms. The van der Waals surface area contributed by atoms with Crippen molar-refractivity contribution >= 4 is 0 Å². The molecule has 0 bridgehead atoms. The van der Waals surface area contributed by atoms with Gasteiger partial charge in [0, 0.05) is 12.0 Å². The third-order valence-electron chi connectivity index (χ3n) is 6.37. The molecule has 116 valence electrons. The summed E-state index contributed by atoms with van der Waals surface area (Å²) >= 11 is 0. The van der Waals surface area contributed by atoms with Gasteiger partial charge in [0.15, 0.2) is 0 Å². The van der Waals surface area contributed by atoms with E-state index in [1.54, 1.807) is 0 Å². The summed E-state index contributed by atoms with van der Waals surface area (Å²) in [6.07, 6.45) is 16.4. The van der Waals surface area contributed by atoms with Crippen LogP contribution in [0.25, 0.3) is 0 Å². The van der Waals surface area contributed by atoms with Crippen LogP contribution in [0.3, 0.4) is 0 Å². The zero-order valence-electron chi connectivity index (χ0n) is 13.2. The zero-order chi connectivity index (χ0) is 13.8. The average molecular weight is 279 g/mol. The Bertz CT molecular complexity index is 298. The molecule has 1 aliphatic heterocycles. The highest BCUT2D eigenvalue weighted by atomic mass is 16.3. The zero-order valence-corrected chi connectivity index (χ0v) is 13.2. The topological polar surface area (TPSA) is 23.5 Å². The number of piperidine rings is 1. The summed E-state index contributed by atoms with van der Waals surface area (Å²) in [6, 6.07) is 0. The SMILES string of the molecule is O[C@@H]1CCC[C@@]12CCCN(CCC1CCCCCC1)C2. The van der Waals surface area contributed by atoms with E-state index in [4.69, 9.17) is 0 Å². The molecule has 0 aromatic carbocycles. The number of likely N-dealkylation sites (tertiary alicyclic amines) is 1. The van der Waals surface area contributed by atoms with Crippen LogP contribution < -0.4 is 0 Å². The van der Waals surface area contributed by atoms with E-state index in [-0.39, 0.29) is 11.5 Å². The second-order valence-corrected chi connectivity index (χ2v) is 7.80. The fourth-order valence-electron chi connectivity index (χ4n) is 5.06. The predicted octanol–water partition coefficient (Wildman–Crippen LogP) is 3.97. The first kappa shape index (κ1) is 14.8. The van der Waals surface area contributed by atoms with Gasteiger partial charge in [-0.15, -0.1) is 0 Å². The van der Waals surface area contributed by atoms with Crippen LogP contribution in [-0.2, 0) is 0 Å². The van der Waals surface area contributed by atoms with Gasteiger partial charge in [-0.1, -0.05) is 44.9 Å². The summed E-state index contributed by atoms with van der Waals surface area (Å²) < 4.78 is 0. The standard InChI is InChI=1S/C18H33NO/c20-17-9-5-11-18(17)12-6-13-19(15-18)14-10-16-7-3-1-2-4-8-16/h16-17,20H,1-15H2/t17-,18+/m1/s1. The van der Waals surface area contributed by atoms with Crippen LogP contribution in [0.1, 0.15) is 77.0 Å². The van der Waals surface area contributed by atoms with Crippen molar-refractivity contribution in [2.24, 2.45) is 11.3 Å². The Kier molecular flexibility index (Phi) is 5.04. The van der Waals surface area contributed by atoms with Crippen molar-refractivity contribution in [3.8, 4) is 0 Å². The van der Waals surface area contributed by atoms with E-state index in [2.05, 4.69) is 4.90 Å². The maximum atomic E-state index is 10.3. The van der Waals surface area contributed by atoms with Crippen molar-refractivity contribution in [2.45, 2.75) is 83.2 Å². The van der Waals surface area contributed by atoms with Gasteiger partial charge in [0.1, 0.15) is 0 Å². The molecular formula is C18H33NO. The highest BCUT2D eigenvalue weighted by molar-refractivity contribution is 4.96. The largest absolute Gasteiger partial charge is 0.393 e. The van der Waals surface area contributed by atoms with E-state index in [0.29, 0.717) is 0 Å². The molecule has 0 aromatic heterocycles. The molecule has 1 saturated heterocycles. The van der Waals surface area contributed by atoms with Crippen molar-refractivity contribution < 1.29 is 5.11 Å². The lowest BCUT2D eigenvalue weighted by atomic mass is 9.76. The molecule has 20 heavy (non-hydrogen) atoms. The van der Waals surface area contributed by atoms with Crippen LogP contribution in [0, 0.1) is 11.3 Å². The summed E-state index contributed by atoms with van der Waals surface area (Å²) in [4.78, 5) is 2.68. The first-order chi connectivity index (χ1) is 9.78. The lowest BCUT2D eigenvalue weighted by molar-refractivity contribution is -0.0109. The number of hydrogen-bond donors (Lipinski definition) is 1. The van der Waals surface area contributed by atoms with Gasteiger partial charge in [0.2, 0.25) is 0 Å². The van der Waals surface area contributed by atoms with E-state index in [1.807, 2.05) is 0 Å². The van der Waals surface area contributed by atoms with E-state index in [1.165, 1.54) is 90.3 Å². The molecular weight excluding hydrogens is 246 g/mol. The fraction of sp³-hybridized carbons (Fsp3) is 1.00. The molecule has 3 fully saturated rings. The Balaban J connectivity index is 1.47. The van der Waals surface area contributed by atoms with Crippen LogP contribution in [0.4, 0.5) is 0 Å². The molecule has 3 rings (SSSR count). The summed E-state index contributed by atoms with van der Waals surface area (Å²) in [5, 5.41) is 10.3. The Morgan fingerprint density at radius 2 is 1.65 bits per heavy atom. The smallest absolute Gasteiger partial charge is 0.0608 e. The lowest BCUT2D eigenvalue weighted by Gasteiger charge is -2.43. The molecule has 1 heterocycles. The number of nitrogens with zero attached hydrogens (tertiary/aromatic N) is 1. The number of rotatable bonds is 3. The van der Waals surface area contributed by atoms with E-state index >= 15 is 0 Å². The molecule has 0 radical (unpaired) electrons. The minimum Gasteiger partial charge on any atom is -0.393 e. The normalized spacial score (nSPS) is 37.4. The Morgan fingerprint density at radius 3 is 2.35 bits per heavy atom. The van der Waals surface area contributed by atoms with Crippen molar-refractivity contribution in [2.75, 3.05) is 19.6 Å². The van der Waals surface area contributed by atoms with Gasteiger partial charge in [-0.25, -0.2) is 0 Å². The number of hydrogen-bond acceptors (Lipinski definition) is 2. The third-order valence-corrected chi connectivity index (χ3v) is 6.37. The van der Waals surface area contributed by atoms with Gasteiger partial charge >= 0.3 is 0 Å². The Morgan fingerprint density at radius 1 is 0.900 bits per heavy atom. The summed E-state index contributed by atoms with van der Waals surface area (Å²) in [6.45, 7) is 3.75. The highest BCUT2D eigenvalue weighted by Crippen LogP contribution is 2.45. The molecule has 0 aromatic rings. The second kappa shape index (κ2) is 6.79. The quantitative estimate of drug-likeness (QED) is 0.790. The first-order valence-electron chi connectivity index (χ1n) is 9.19. The fourth-order valence-corrected chi connectivity index (χ4v) is 5.06. The maximum absolute atomic E-state index is 10.3. The average Bonchev–Trinajstić information content (AvgIpc) is 2.70. The molecule has 2 aliphatic carbocycles. The molecule has 1 N–H and O–H groups in total. The minimum absolute atomic E-state index is 0.0109. The van der Waals surface area contributed by atoms with Crippen LogP contribution in [-0.4, -0.2) is 35.7 Å². The second-order valence-electron chi connectivity index (χ2n) is 7.80. The molecule has 2 nitrogen and oxygen atoms in total. The minimum atomic E-state index is -0.0109. The van der Waals surface area contributed by atoms with Gasteiger partial charge in [0.05, 0.1) is 6.10 Å². The monoisotopic (exact) mass is 279 g/mol. The summed E-state index contributed by atoms with van der Waals surface area (Å²) in [7, 11) is 0. The van der Waals surface area contributed by atoms with Crippen molar-refractivity contribution in [1.82, 2.24) is 4.90 Å². The number of aliphatic hydroxyl groups excluding tert-OH is 1. The molecule has 3 aliphatic rings. The number of aliphatic hydroxyl groups is 1. The van der Waals surface area contributed by atoms with Gasteiger partial charge in [0.25, 0.3) is 0 Å². The first-order valence-corrected chi connectivity index (χ1v) is 9.19. The molecule has 2 atom stereocenters. The van der Waals surface area contributed by atoms with Crippen molar-refractivity contribution in [3.63, 3.8) is 0 Å². The molecule has 0 unspecified atom stereocenters. The van der Waals surface area contributed by atoms with E-state index in [9.17, 15) is 5.11 Å². The van der Waals surface area contributed by atoms with Gasteiger partial charge < -0.3 is 10.0 Å². The predicted molar refractivity (Wildman–Crippen MR) is 83.8 cm³/mol. The van der Waals surface area contributed by atoms with Gasteiger partial charge in [-0.2, -0.15) is 0 Å². The van der Waals surface area contributed by atoms with Crippen LogP contribution in [0.2, 0.25) is 0 Å². The molecule has 0 amide bonds. The third kappa shape index (κ3) is 3.39. The summed E-state index contributed by atoms with van der Waals surface area (Å²) in [5.74, 6) is 0.990. The van der Waals surface area contributed by atoms with Gasteiger partial charge in [-0.3, -0.25) is 0 Å². The van der Waals surface area contributed by atoms with Crippen LogP contribution in [0.15, 0.2) is 0 Å². The van der Waals surface area contributed by atoms with E-state index < -0.39 is 0 Å². The molecule has 2 saturated carbocycles. The lowest BCUT2D eigenvalue weighted by Crippen LogP contribution is -2.47. The van der Waals surface area contributed by atoms with Gasteiger partial charge in [-0.05, 0) is 51.1 Å². The van der Waals surface area contributed by atoms with E-state index in [0.717, 1.165) is 12.3 Å². The molecule has 1 spiro atoms. The highest BCUT2D eigenvalue weighted by Gasteiger charge is 2.44. The maximum Gasteiger partial charge on any atom is 0.0608 e.